The Morgan fingerprint density at radius 2 is 1.40 bits per heavy atom. The third kappa shape index (κ3) is 1.62. The first-order chi connectivity index (χ1) is 9.93. The van der Waals surface area contributed by atoms with Gasteiger partial charge in [0.05, 0.1) is 11.4 Å². The molecule has 96 valence electrons. The molecule has 1 aliphatic heterocycles. The van der Waals surface area contributed by atoms with Gasteiger partial charge in [-0.3, -0.25) is 4.90 Å². The maximum absolute atomic E-state index is 5.42. The molecule has 1 aliphatic rings. The minimum absolute atomic E-state index is 0.466. The van der Waals surface area contributed by atoms with E-state index in [0.29, 0.717) is 6.01 Å². The van der Waals surface area contributed by atoms with Gasteiger partial charge in [0, 0.05) is 0 Å². The average Bonchev–Trinajstić information content (AvgIpc) is 2.96. The summed E-state index contributed by atoms with van der Waals surface area (Å²) < 4.78 is 5.42. The number of fused-ring (bicyclic) bond motifs is 2. The molecule has 0 fully saturated rings. The third-order valence-corrected chi connectivity index (χ3v) is 3.34. The van der Waals surface area contributed by atoms with Crippen LogP contribution in [-0.4, -0.2) is 10.2 Å². The van der Waals surface area contributed by atoms with Gasteiger partial charge in [0.1, 0.15) is 0 Å². The Morgan fingerprint density at radius 1 is 0.800 bits per heavy atom. The Balaban J connectivity index is 2.03. The van der Waals surface area contributed by atoms with Crippen LogP contribution in [0.1, 0.15) is 11.1 Å². The van der Waals surface area contributed by atoms with Crippen molar-refractivity contribution >= 4 is 29.5 Å². The molecule has 4 rings (SSSR count). The molecule has 0 radical (unpaired) electrons. The summed E-state index contributed by atoms with van der Waals surface area (Å²) in [4.78, 5) is 1.98. The van der Waals surface area contributed by atoms with Crippen LogP contribution in [0.15, 0.2) is 59.3 Å². The Bertz CT molecular complexity index is 728. The van der Waals surface area contributed by atoms with Crippen LogP contribution in [-0.2, 0) is 0 Å². The van der Waals surface area contributed by atoms with Crippen LogP contribution in [0.5, 0.6) is 0 Å². The van der Waals surface area contributed by atoms with Crippen LogP contribution >= 0.6 is 0 Å². The third-order valence-electron chi connectivity index (χ3n) is 3.34. The molecule has 0 spiro atoms. The Kier molecular flexibility index (Phi) is 2.39. The Labute approximate surface area is 116 Å². The van der Waals surface area contributed by atoms with Crippen molar-refractivity contribution in [3.63, 3.8) is 0 Å². The number of rotatable bonds is 1. The van der Waals surface area contributed by atoms with E-state index in [2.05, 4.69) is 34.5 Å². The molecule has 0 atom stereocenters. The summed E-state index contributed by atoms with van der Waals surface area (Å²) >= 11 is 0. The molecular weight excluding hydrogens is 250 g/mol. The highest BCUT2D eigenvalue weighted by Crippen LogP contribution is 2.40. The summed E-state index contributed by atoms with van der Waals surface area (Å²) in [5.74, 6) is 0. The summed E-state index contributed by atoms with van der Waals surface area (Å²) in [6.07, 6.45) is 5.55. The van der Waals surface area contributed by atoms with Gasteiger partial charge in [0.2, 0.25) is 6.39 Å². The molecule has 2 aromatic carbocycles. The van der Waals surface area contributed by atoms with Crippen LogP contribution in [0.2, 0.25) is 0 Å². The highest BCUT2D eigenvalue weighted by molar-refractivity contribution is 5.91. The largest absolute Gasteiger partial charge is 0.410 e. The van der Waals surface area contributed by atoms with Crippen molar-refractivity contribution in [2.24, 2.45) is 0 Å². The van der Waals surface area contributed by atoms with Gasteiger partial charge in [-0.05, 0) is 23.3 Å². The van der Waals surface area contributed by atoms with Crippen LogP contribution in [0.3, 0.4) is 0 Å². The number of hydrogen-bond donors (Lipinski definition) is 0. The van der Waals surface area contributed by atoms with Gasteiger partial charge in [-0.1, -0.05) is 53.6 Å². The summed E-state index contributed by atoms with van der Waals surface area (Å²) in [7, 11) is 0. The smallest absolute Gasteiger partial charge is 0.327 e. The highest BCUT2D eigenvalue weighted by atomic mass is 16.4. The zero-order valence-corrected chi connectivity index (χ0v) is 10.6. The molecule has 0 N–H and O–H groups in total. The number of aromatic nitrogens is 2. The molecule has 20 heavy (non-hydrogen) atoms. The number of nitrogens with zero attached hydrogens (tertiary/aromatic N) is 3. The molecule has 0 amide bonds. The van der Waals surface area contributed by atoms with Crippen LogP contribution in [0, 0.1) is 0 Å². The van der Waals surface area contributed by atoms with Gasteiger partial charge in [0.15, 0.2) is 0 Å². The molecule has 0 aliphatic carbocycles. The molecule has 4 heteroatoms. The first-order valence-corrected chi connectivity index (χ1v) is 6.36. The second-order valence-electron chi connectivity index (χ2n) is 4.51. The lowest BCUT2D eigenvalue weighted by Gasteiger charge is -2.22. The molecule has 0 saturated carbocycles. The summed E-state index contributed by atoms with van der Waals surface area (Å²) in [6.45, 7) is 0. The van der Waals surface area contributed by atoms with Crippen molar-refractivity contribution in [1.29, 1.82) is 0 Å². The number of anilines is 3. The zero-order valence-electron chi connectivity index (χ0n) is 10.6. The van der Waals surface area contributed by atoms with Gasteiger partial charge in [-0.2, -0.15) is 0 Å². The van der Waals surface area contributed by atoms with E-state index in [1.54, 1.807) is 0 Å². The average molecular weight is 261 g/mol. The van der Waals surface area contributed by atoms with E-state index in [1.807, 2.05) is 41.3 Å². The zero-order chi connectivity index (χ0) is 13.4. The first-order valence-electron chi connectivity index (χ1n) is 6.36. The Morgan fingerprint density at radius 3 is 1.95 bits per heavy atom. The lowest BCUT2D eigenvalue weighted by molar-refractivity contribution is 0.560. The van der Waals surface area contributed by atoms with Gasteiger partial charge in [-0.25, -0.2) is 0 Å². The maximum atomic E-state index is 5.42. The van der Waals surface area contributed by atoms with Gasteiger partial charge >= 0.3 is 6.01 Å². The van der Waals surface area contributed by atoms with E-state index in [9.17, 15) is 0 Å². The van der Waals surface area contributed by atoms with Crippen LogP contribution < -0.4 is 4.90 Å². The quantitative estimate of drug-likeness (QED) is 0.519. The predicted octanol–water partition coefficient (Wildman–Crippen LogP) is 4.02. The van der Waals surface area contributed by atoms with E-state index in [1.165, 1.54) is 6.39 Å². The van der Waals surface area contributed by atoms with Crippen molar-refractivity contribution in [3.05, 3.63) is 66.1 Å². The summed E-state index contributed by atoms with van der Waals surface area (Å²) in [5.41, 5.74) is 4.28. The fraction of sp³-hybridized carbons (Fsp3) is 0. The van der Waals surface area contributed by atoms with Crippen LogP contribution in [0.25, 0.3) is 12.2 Å². The molecule has 0 bridgehead atoms. The molecule has 3 aromatic rings. The maximum Gasteiger partial charge on any atom is 0.327 e. The predicted molar refractivity (Wildman–Crippen MR) is 77.9 cm³/mol. The van der Waals surface area contributed by atoms with Crippen molar-refractivity contribution in [3.8, 4) is 0 Å². The minimum Gasteiger partial charge on any atom is -0.410 e. The van der Waals surface area contributed by atoms with E-state index < -0.39 is 0 Å². The fourth-order valence-electron chi connectivity index (χ4n) is 2.44. The van der Waals surface area contributed by atoms with E-state index >= 15 is 0 Å². The van der Waals surface area contributed by atoms with Crippen molar-refractivity contribution < 1.29 is 4.42 Å². The SMILES string of the molecule is C1=Cc2ccccc2N(c2nnco2)c2ccccc21. The van der Waals surface area contributed by atoms with E-state index in [-0.39, 0.29) is 0 Å². The first kappa shape index (κ1) is 11.0. The second-order valence-corrected chi connectivity index (χ2v) is 4.51. The lowest BCUT2D eigenvalue weighted by Crippen LogP contribution is -2.11. The summed E-state index contributed by atoms with van der Waals surface area (Å²) in [5, 5.41) is 7.86. The van der Waals surface area contributed by atoms with E-state index in [4.69, 9.17) is 4.42 Å². The number of benzene rings is 2. The second kappa shape index (κ2) is 4.35. The van der Waals surface area contributed by atoms with Crippen molar-refractivity contribution in [2.45, 2.75) is 0 Å². The Hall–Kier alpha value is -2.88. The van der Waals surface area contributed by atoms with E-state index in [0.717, 1.165) is 22.5 Å². The number of hydrogen-bond acceptors (Lipinski definition) is 4. The highest BCUT2D eigenvalue weighted by Gasteiger charge is 2.22. The van der Waals surface area contributed by atoms with Crippen molar-refractivity contribution in [2.75, 3.05) is 4.90 Å². The van der Waals surface area contributed by atoms with Gasteiger partial charge < -0.3 is 4.42 Å². The van der Waals surface area contributed by atoms with Crippen molar-refractivity contribution in [1.82, 2.24) is 10.2 Å². The molecular formula is C16H11N3O. The van der Waals surface area contributed by atoms with Gasteiger partial charge in [0.25, 0.3) is 0 Å². The number of para-hydroxylation sites is 2. The lowest BCUT2D eigenvalue weighted by atomic mass is 10.1. The topological polar surface area (TPSA) is 42.2 Å². The monoisotopic (exact) mass is 261 g/mol. The summed E-state index contributed by atoms with van der Waals surface area (Å²) in [6, 6.07) is 16.7. The fourth-order valence-corrected chi connectivity index (χ4v) is 2.44. The molecule has 4 nitrogen and oxygen atoms in total. The molecule has 1 aromatic heterocycles. The molecule has 0 unspecified atom stereocenters. The minimum atomic E-state index is 0.466. The normalized spacial score (nSPS) is 12.7. The molecule has 0 saturated heterocycles. The van der Waals surface area contributed by atoms with Crippen LogP contribution in [0.4, 0.5) is 17.4 Å². The standard InChI is InChI=1S/C16H11N3O/c1-3-7-14-12(5-1)9-10-13-6-2-4-8-15(13)19(14)16-18-17-11-20-16/h1-11H. The van der Waals surface area contributed by atoms with Gasteiger partial charge in [-0.15, -0.1) is 5.10 Å². The molecule has 2 heterocycles.